The maximum absolute atomic E-state index is 12.9. The summed E-state index contributed by atoms with van der Waals surface area (Å²) < 4.78 is 65.2. The van der Waals surface area contributed by atoms with Crippen LogP contribution in [0.4, 0.5) is 18.9 Å². The summed E-state index contributed by atoms with van der Waals surface area (Å²) in [4.78, 5) is -0.486. The molecule has 2 rings (SSSR count). The molecule has 23 heavy (non-hydrogen) atoms. The molecule has 0 bridgehead atoms. The third-order valence-corrected chi connectivity index (χ3v) is 5.46. The highest BCUT2D eigenvalue weighted by atomic mass is 79.9. The topological polar surface area (TPSA) is 46.2 Å². The minimum Gasteiger partial charge on any atom is -0.280 e. The molecule has 0 aliphatic carbocycles. The zero-order valence-electron chi connectivity index (χ0n) is 11.6. The average Bonchev–Trinajstić information content (AvgIpc) is 2.41. The van der Waals surface area contributed by atoms with E-state index in [1.165, 1.54) is 18.2 Å². The van der Waals surface area contributed by atoms with Crippen molar-refractivity contribution in [2.45, 2.75) is 18.0 Å². The average molecular weight is 429 g/mol. The SMILES string of the molecule is Cc1cc(NS(=O)(=O)c2ccc(Br)c(C(F)(F)F)c2)ccc1Cl. The molecule has 0 saturated carbocycles. The molecule has 2 aromatic carbocycles. The van der Waals surface area contributed by atoms with E-state index in [4.69, 9.17) is 11.6 Å². The maximum Gasteiger partial charge on any atom is 0.417 e. The Morgan fingerprint density at radius 2 is 1.78 bits per heavy atom. The second-order valence-corrected chi connectivity index (χ2v) is 7.65. The number of alkyl halides is 3. The van der Waals surface area contributed by atoms with Gasteiger partial charge in [-0.3, -0.25) is 4.72 Å². The van der Waals surface area contributed by atoms with Crippen LogP contribution in [-0.2, 0) is 16.2 Å². The van der Waals surface area contributed by atoms with Gasteiger partial charge in [-0.2, -0.15) is 13.2 Å². The fourth-order valence-electron chi connectivity index (χ4n) is 1.81. The van der Waals surface area contributed by atoms with Crippen LogP contribution in [0.25, 0.3) is 0 Å². The Hall–Kier alpha value is -1.25. The first-order chi connectivity index (χ1) is 10.5. The number of rotatable bonds is 3. The standard InChI is InChI=1S/C14H10BrClF3NO2S/c1-8-6-9(2-5-13(8)16)20-23(21,22)10-3-4-12(15)11(7-10)14(17,18)19/h2-7,20H,1H3. The molecule has 1 N–H and O–H groups in total. The number of halogens is 5. The van der Waals surface area contributed by atoms with E-state index < -0.39 is 26.7 Å². The van der Waals surface area contributed by atoms with Crippen LogP contribution in [0.1, 0.15) is 11.1 Å². The number of hydrogen-bond donors (Lipinski definition) is 1. The van der Waals surface area contributed by atoms with Crippen molar-refractivity contribution < 1.29 is 21.6 Å². The van der Waals surface area contributed by atoms with Gasteiger partial charge in [0.15, 0.2) is 0 Å². The van der Waals surface area contributed by atoms with Crippen LogP contribution in [0.15, 0.2) is 45.8 Å². The molecule has 3 nitrogen and oxygen atoms in total. The minimum atomic E-state index is -4.67. The predicted molar refractivity (Wildman–Crippen MR) is 86.1 cm³/mol. The number of nitrogens with one attached hydrogen (secondary N) is 1. The summed E-state index contributed by atoms with van der Waals surface area (Å²) in [5, 5.41) is 0.455. The predicted octanol–water partition coefficient (Wildman–Crippen LogP) is 5.23. The Kier molecular flexibility index (Phi) is 4.98. The molecule has 0 spiro atoms. The highest BCUT2D eigenvalue weighted by molar-refractivity contribution is 9.10. The van der Waals surface area contributed by atoms with Crippen molar-refractivity contribution in [3.8, 4) is 0 Å². The summed E-state index contributed by atoms with van der Waals surface area (Å²) in [5.41, 5.74) is -0.213. The van der Waals surface area contributed by atoms with Crippen LogP contribution in [0.3, 0.4) is 0 Å². The largest absolute Gasteiger partial charge is 0.417 e. The molecule has 0 saturated heterocycles. The van der Waals surface area contributed by atoms with Crippen LogP contribution in [-0.4, -0.2) is 8.42 Å². The van der Waals surface area contributed by atoms with E-state index in [2.05, 4.69) is 20.7 Å². The number of benzene rings is 2. The highest BCUT2D eigenvalue weighted by Crippen LogP contribution is 2.36. The fourth-order valence-corrected chi connectivity index (χ4v) is 3.48. The molecule has 0 fully saturated rings. The van der Waals surface area contributed by atoms with Crippen molar-refractivity contribution in [3.63, 3.8) is 0 Å². The molecular formula is C14H10BrClF3NO2S. The first-order valence-electron chi connectivity index (χ1n) is 6.16. The molecule has 0 radical (unpaired) electrons. The van der Waals surface area contributed by atoms with Gasteiger partial charge in [0.1, 0.15) is 0 Å². The van der Waals surface area contributed by atoms with Gasteiger partial charge < -0.3 is 0 Å². The lowest BCUT2D eigenvalue weighted by Gasteiger charge is -2.13. The highest BCUT2D eigenvalue weighted by Gasteiger charge is 2.34. The molecular weight excluding hydrogens is 419 g/mol. The van der Waals surface area contributed by atoms with Crippen molar-refractivity contribution >= 4 is 43.2 Å². The van der Waals surface area contributed by atoms with Gasteiger partial charge in [0.05, 0.1) is 10.5 Å². The van der Waals surface area contributed by atoms with Gasteiger partial charge in [0.2, 0.25) is 0 Å². The molecule has 124 valence electrons. The quantitative estimate of drug-likeness (QED) is 0.727. The summed E-state index contributed by atoms with van der Waals surface area (Å²) in [6, 6.07) is 7.13. The van der Waals surface area contributed by atoms with Crippen molar-refractivity contribution in [1.29, 1.82) is 0 Å². The Bertz CT molecular complexity index is 854. The Morgan fingerprint density at radius 3 is 2.35 bits per heavy atom. The zero-order chi connectivity index (χ0) is 17.4. The van der Waals surface area contributed by atoms with Crippen LogP contribution in [0.2, 0.25) is 5.02 Å². The molecule has 0 aliphatic heterocycles. The third-order valence-electron chi connectivity index (χ3n) is 2.96. The van der Waals surface area contributed by atoms with Gasteiger partial charge in [0.25, 0.3) is 10.0 Å². The summed E-state index contributed by atoms with van der Waals surface area (Å²) in [6.45, 7) is 1.68. The number of aryl methyl sites for hydroxylation is 1. The lowest BCUT2D eigenvalue weighted by atomic mass is 10.2. The molecule has 0 amide bonds. The van der Waals surface area contributed by atoms with Gasteiger partial charge in [-0.05, 0) is 48.9 Å². The minimum absolute atomic E-state index is 0.211. The molecule has 0 atom stereocenters. The van der Waals surface area contributed by atoms with E-state index in [1.54, 1.807) is 6.92 Å². The van der Waals surface area contributed by atoms with E-state index in [-0.39, 0.29) is 10.2 Å². The van der Waals surface area contributed by atoms with Crippen LogP contribution < -0.4 is 4.72 Å². The summed E-state index contributed by atoms with van der Waals surface area (Å²) in [7, 11) is -4.16. The van der Waals surface area contributed by atoms with Gasteiger partial charge in [-0.1, -0.05) is 27.5 Å². The molecule has 0 heterocycles. The summed E-state index contributed by atoms with van der Waals surface area (Å²) >= 11 is 8.62. The van der Waals surface area contributed by atoms with Gasteiger partial charge in [-0.15, -0.1) is 0 Å². The molecule has 9 heteroatoms. The fraction of sp³-hybridized carbons (Fsp3) is 0.143. The molecule has 2 aromatic rings. The van der Waals surface area contributed by atoms with E-state index in [1.807, 2.05) is 0 Å². The van der Waals surface area contributed by atoms with Crippen molar-refractivity contribution in [2.24, 2.45) is 0 Å². The number of hydrogen-bond acceptors (Lipinski definition) is 2. The number of anilines is 1. The monoisotopic (exact) mass is 427 g/mol. The van der Waals surface area contributed by atoms with E-state index in [0.717, 1.165) is 12.1 Å². The van der Waals surface area contributed by atoms with E-state index in [0.29, 0.717) is 16.7 Å². The Morgan fingerprint density at radius 1 is 1.13 bits per heavy atom. The molecule has 0 aliphatic rings. The third kappa shape index (κ3) is 4.19. The van der Waals surface area contributed by atoms with Crippen LogP contribution in [0, 0.1) is 6.92 Å². The lowest BCUT2D eigenvalue weighted by Crippen LogP contribution is -2.15. The Balaban J connectivity index is 2.42. The second-order valence-electron chi connectivity index (χ2n) is 4.71. The first kappa shape index (κ1) is 18.1. The van der Waals surface area contributed by atoms with Gasteiger partial charge in [0, 0.05) is 15.2 Å². The summed E-state index contributed by atoms with van der Waals surface area (Å²) in [5.74, 6) is 0. The van der Waals surface area contributed by atoms with Crippen molar-refractivity contribution in [2.75, 3.05) is 4.72 Å². The second kappa shape index (κ2) is 6.33. The zero-order valence-corrected chi connectivity index (χ0v) is 14.7. The number of sulfonamides is 1. The first-order valence-corrected chi connectivity index (χ1v) is 8.82. The van der Waals surface area contributed by atoms with Crippen molar-refractivity contribution in [3.05, 3.63) is 57.0 Å². The van der Waals surface area contributed by atoms with Crippen LogP contribution in [0.5, 0.6) is 0 Å². The maximum atomic E-state index is 12.9. The normalized spacial score (nSPS) is 12.3. The van der Waals surface area contributed by atoms with E-state index in [9.17, 15) is 21.6 Å². The lowest BCUT2D eigenvalue weighted by molar-refractivity contribution is -0.138. The van der Waals surface area contributed by atoms with Crippen LogP contribution >= 0.6 is 27.5 Å². The molecule has 0 unspecified atom stereocenters. The van der Waals surface area contributed by atoms with E-state index >= 15 is 0 Å². The smallest absolute Gasteiger partial charge is 0.280 e. The Labute approximate surface area is 144 Å². The summed E-state index contributed by atoms with van der Waals surface area (Å²) in [6.07, 6.45) is -4.67. The molecule has 0 aromatic heterocycles. The van der Waals surface area contributed by atoms with Crippen molar-refractivity contribution in [1.82, 2.24) is 0 Å². The van der Waals surface area contributed by atoms with Gasteiger partial charge in [-0.25, -0.2) is 8.42 Å². The van der Waals surface area contributed by atoms with Gasteiger partial charge >= 0.3 is 6.18 Å².